The number of carbonyl (C=O) groups is 1. The van der Waals surface area contributed by atoms with Crippen molar-refractivity contribution < 1.29 is 4.79 Å². The molecule has 0 radical (unpaired) electrons. The molecule has 0 aliphatic heterocycles. The summed E-state index contributed by atoms with van der Waals surface area (Å²) in [7, 11) is 1.73. The summed E-state index contributed by atoms with van der Waals surface area (Å²) < 4.78 is 0. The lowest BCUT2D eigenvalue weighted by Crippen LogP contribution is -2.44. The van der Waals surface area contributed by atoms with Crippen molar-refractivity contribution >= 4 is 6.41 Å². The maximum Gasteiger partial charge on any atom is 0.223 e. The summed E-state index contributed by atoms with van der Waals surface area (Å²) in [6.07, 6.45) is 3.05. The second-order valence-corrected chi connectivity index (χ2v) is 3.48. The Morgan fingerprint density at radius 1 is 1.50 bits per heavy atom. The summed E-state index contributed by atoms with van der Waals surface area (Å²) in [5.74, 6) is 0.562. The maximum atomic E-state index is 10.3. The van der Waals surface area contributed by atoms with Crippen LogP contribution >= 0.6 is 0 Å². The maximum absolute atomic E-state index is 10.3. The van der Waals surface area contributed by atoms with Gasteiger partial charge in [0.25, 0.3) is 0 Å². The van der Waals surface area contributed by atoms with E-state index in [-0.39, 0.29) is 0 Å². The summed E-state index contributed by atoms with van der Waals surface area (Å²) in [5, 5.41) is 1.49. The van der Waals surface area contributed by atoms with E-state index < -0.39 is 0 Å². The quantitative estimate of drug-likeness (QED) is 0.485. The fourth-order valence-corrected chi connectivity index (χ4v) is 1.15. The van der Waals surface area contributed by atoms with Crippen molar-refractivity contribution in [3.8, 4) is 0 Å². The SMILES string of the molecule is CCCC(NN(C)C=O)C(C)C. The van der Waals surface area contributed by atoms with Crippen molar-refractivity contribution in [1.29, 1.82) is 0 Å². The second-order valence-electron chi connectivity index (χ2n) is 3.48. The Hall–Kier alpha value is -0.570. The van der Waals surface area contributed by atoms with Crippen LogP contribution in [0, 0.1) is 5.92 Å². The second kappa shape index (κ2) is 6.00. The normalized spacial score (nSPS) is 13.1. The average molecular weight is 172 g/mol. The van der Waals surface area contributed by atoms with Gasteiger partial charge in [0, 0.05) is 13.1 Å². The van der Waals surface area contributed by atoms with Gasteiger partial charge in [-0.1, -0.05) is 27.2 Å². The van der Waals surface area contributed by atoms with Crippen LogP contribution in [0.25, 0.3) is 0 Å². The van der Waals surface area contributed by atoms with Crippen LogP contribution in [0.1, 0.15) is 33.6 Å². The Bertz CT molecular complexity index is 126. The molecule has 0 aliphatic rings. The number of nitrogens with zero attached hydrogens (tertiary/aromatic N) is 1. The molecule has 0 aromatic carbocycles. The van der Waals surface area contributed by atoms with Gasteiger partial charge in [-0.05, 0) is 12.3 Å². The van der Waals surface area contributed by atoms with Gasteiger partial charge in [0.05, 0.1) is 0 Å². The highest BCUT2D eigenvalue weighted by molar-refractivity contribution is 5.45. The summed E-state index contributed by atoms with van der Waals surface area (Å²) in [4.78, 5) is 10.3. The van der Waals surface area contributed by atoms with Crippen LogP contribution in [0.5, 0.6) is 0 Å². The van der Waals surface area contributed by atoms with E-state index in [1.807, 2.05) is 0 Å². The Labute approximate surface area is 75.1 Å². The van der Waals surface area contributed by atoms with Crippen LogP contribution in [0.3, 0.4) is 0 Å². The highest BCUT2D eigenvalue weighted by atomic mass is 16.1. The predicted molar refractivity (Wildman–Crippen MR) is 50.5 cm³/mol. The Morgan fingerprint density at radius 2 is 2.08 bits per heavy atom. The minimum absolute atomic E-state index is 0.408. The average Bonchev–Trinajstić information content (AvgIpc) is 2.03. The lowest BCUT2D eigenvalue weighted by Gasteiger charge is -2.25. The summed E-state index contributed by atoms with van der Waals surface area (Å²) in [5.41, 5.74) is 3.13. The van der Waals surface area contributed by atoms with E-state index in [9.17, 15) is 4.79 Å². The van der Waals surface area contributed by atoms with E-state index in [4.69, 9.17) is 0 Å². The van der Waals surface area contributed by atoms with Gasteiger partial charge in [-0.3, -0.25) is 9.80 Å². The molecule has 1 unspecified atom stereocenters. The first-order valence-corrected chi connectivity index (χ1v) is 4.56. The van der Waals surface area contributed by atoms with Crippen LogP contribution in [-0.4, -0.2) is 24.5 Å². The van der Waals surface area contributed by atoms with E-state index in [2.05, 4.69) is 26.2 Å². The van der Waals surface area contributed by atoms with Crippen LogP contribution in [0.2, 0.25) is 0 Å². The first kappa shape index (κ1) is 11.4. The molecule has 3 nitrogen and oxygen atoms in total. The third kappa shape index (κ3) is 4.34. The lowest BCUT2D eigenvalue weighted by molar-refractivity contribution is -0.120. The molecule has 1 amide bonds. The van der Waals surface area contributed by atoms with E-state index >= 15 is 0 Å². The Morgan fingerprint density at radius 3 is 2.42 bits per heavy atom. The molecule has 72 valence electrons. The molecule has 0 spiro atoms. The van der Waals surface area contributed by atoms with Crippen molar-refractivity contribution in [1.82, 2.24) is 10.4 Å². The number of nitrogens with one attached hydrogen (secondary N) is 1. The molecule has 0 rings (SSSR count). The van der Waals surface area contributed by atoms with Crippen molar-refractivity contribution in [3.63, 3.8) is 0 Å². The van der Waals surface area contributed by atoms with Crippen LogP contribution in [-0.2, 0) is 4.79 Å². The topological polar surface area (TPSA) is 32.3 Å². The molecule has 1 N–H and O–H groups in total. The molecule has 3 heteroatoms. The molecule has 0 saturated carbocycles. The number of carbonyl (C=O) groups excluding carboxylic acids is 1. The zero-order valence-corrected chi connectivity index (χ0v) is 8.50. The van der Waals surface area contributed by atoms with Crippen LogP contribution in [0.15, 0.2) is 0 Å². The molecular formula is C9H20N2O. The van der Waals surface area contributed by atoms with Gasteiger partial charge in [-0.25, -0.2) is 5.43 Å². The number of hydrogen-bond acceptors (Lipinski definition) is 2. The highest BCUT2D eigenvalue weighted by Gasteiger charge is 2.12. The lowest BCUT2D eigenvalue weighted by atomic mass is 10.0. The third-order valence-electron chi connectivity index (χ3n) is 1.93. The Kier molecular flexibility index (Phi) is 5.72. The molecule has 12 heavy (non-hydrogen) atoms. The van der Waals surface area contributed by atoms with Crippen LogP contribution in [0.4, 0.5) is 0 Å². The molecule has 0 aromatic heterocycles. The molecule has 0 fully saturated rings. The molecule has 0 saturated heterocycles. The number of hydrogen-bond donors (Lipinski definition) is 1. The van der Waals surface area contributed by atoms with E-state index in [1.54, 1.807) is 7.05 Å². The summed E-state index contributed by atoms with van der Waals surface area (Å²) in [6, 6.07) is 0.408. The smallest absolute Gasteiger partial charge is 0.223 e. The van der Waals surface area contributed by atoms with Crippen molar-refractivity contribution in [2.24, 2.45) is 5.92 Å². The molecule has 0 bridgehead atoms. The van der Waals surface area contributed by atoms with E-state index in [0.717, 1.165) is 19.3 Å². The monoisotopic (exact) mass is 172 g/mol. The minimum atomic E-state index is 0.408. The highest BCUT2D eigenvalue weighted by Crippen LogP contribution is 2.07. The van der Waals surface area contributed by atoms with Gasteiger partial charge >= 0.3 is 0 Å². The zero-order chi connectivity index (χ0) is 9.56. The van der Waals surface area contributed by atoms with E-state index in [1.165, 1.54) is 5.01 Å². The van der Waals surface area contributed by atoms with Gasteiger partial charge in [-0.2, -0.15) is 0 Å². The first-order chi connectivity index (χ1) is 5.61. The first-order valence-electron chi connectivity index (χ1n) is 4.56. The standard InChI is InChI=1S/C9H20N2O/c1-5-6-9(8(2)3)10-11(4)7-12/h7-10H,5-6H2,1-4H3. The number of hydrazine groups is 1. The molecule has 0 aliphatic carbocycles. The van der Waals surface area contributed by atoms with Crippen molar-refractivity contribution in [2.75, 3.05) is 7.05 Å². The fraction of sp³-hybridized carbons (Fsp3) is 0.889. The summed E-state index contributed by atoms with van der Waals surface area (Å²) in [6.45, 7) is 6.47. The number of rotatable bonds is 6. The largest absolute Gasteiger partial charge is 0.284 e. The zero-order valence-electron chi connectivity index (χ0n) is 8.50. The van der Waals surface area contributed by atoms with Gasteiger partial charge in [-0.15, -0.1) is 0 Å². The van der Waals surface area contributed by atoms with Gasteiger partial charge in [0.2, 0.25) is 6.41 Å². The molecular weight excluding hydrogens is 152 g/mol. The Balaban J connectivity index is 3.85. The van der Waals surface area contributed by atoms with Gasteiger partial charge in [0.15, 0.2) is 0 Å². The minimum Gasteiger partial charge on any atom is -0.284 e. The molecule has 0 heterocycles. The van der Waals surface area contributed by atoms with Crippen molar-refractivity contribution in [2.45, 2.75) is 39.7 Å². The van der Waals surface area contributed by atoms with Crippen LogP contribution < -0.4 is 5.43 Å². The van der Waals surface area contributed by atoms with E-state index in [0.29, 0.717) is 12.0 Å². The third-order valence-corrected chi connectivity index (χ3v) is 1.93. The fourth-order valence-electron chi connectivity index (χ4n) is 1.15. The number of amides is 1. The van der Waals surface area contributed by atoms with Crippen molar-refractivity contribution in [3.05, 3.63) is 0 Å². The van der Waals surface area contributed by atoms with Gasteiger partial charge < -0.3 is 0 Å². The summed E-state index contributed by atoms with van der Waals surface area (Å²) >= 11 is 0. The molecule has 1 atom stereocenters. The molecule has 0 aromatic rings. The predicted octanol–water partition coefficient (Wildman–Crippen LogP) is 1.40. The van der Waals surface area contributed by atoms with Gasteiger partial charge in [0.1, 0.15) is 0 Å².